The van der Waals surface area contributed by atoms with Crippen LogP contribution in [0.3, 0.4) is 0 Å². The Morgan fingerprint density at radius 3 is 2.28 bits per heavy atom. The SMILES string of the molecule is CCN(CC)C(=O)CN1CCN(C(=O)c2ccc(Oc3ccccc3)nc2)CC1. The summed E-state index contributed by atoms with van der Waals surface area (Å²) < 4.78 is 5.67. The number of carbonyl (C=O) groups excluding carboxylic acids is 2. The molecule has 0 radical (unpaired) electrons. The number of piperazine rings is 1. The van der Waals surface area contributed by atoms with Gasteiger partial charge in [-0.15, -0.1) is 0 Å². The Balaban J connectivity index is 1.51. The first-order chi connectivity index (χ1) is 14.1. The molecule has 2 amide bonds. The van der Waals surface area contributed by atoms with E-state index in [2.05, 4.69) is 9.88 Å². The molecule has 29 heavy (non-hydrogen) atoms. The van der Waals surface area contributed by atoms with Crippen LogP contribution in [0.2, 0.25) is 0 Å². The Labute approximate surface area is 171 Å². The molecule has 0 saturated carbocycles. The maximum atomic E-state index is 12.8. The Morgan fingerprint density at radius 2 is 1.69 bits per heavy atom. The first-order valence-electron chi connectivity index (χ1n) is 10.1. The van der Waals surface area contributed by atoms with Gasteiger partial charge in [-0.25, -0.2) is 4.98 Å². The van der Waals surface area contributed by atoms with Crippen LogP contribution in [0.1, 0.15) is 24.2 Å². The second-order valence-electron chi connectivity index (χ2n) is 6.93. The predicted molar refractivity (Wildman–Crippen MR) is 111 cm³/mol. The highest BCUT2D eigenvalue weighted by molar-refractivity contribution is 5.94. The molecule has 2 heterocycles. The van der Waals surface area contributed by atoms with Crippen molar-refractivity contribution in [1.82, 2.24) is 19.7 Å². The molecule has 2 aromatic rings. The smallest absolute Gasteiger partial charge is 0.255 e. The number of nitrogens with zero attached hydrogens (tertiary/aromatic N) is 4. The molecule has 0 atom stereocenters. The maximum Gasteiger partial charge on any atom is 0.255 e. The third kappa shape index (κ3) is 5.54. The number of para-hydroxylation sites is 1. The van der Waals surface area contributed by atoms with Gasteiger partial charge in [-0.3, -0.25) is 14.5 Å². The van der Waals surface area contributed by atoms with E-state index in [0.717, 1.165) is 13.1 Å². The summed E-state index contributed by atoms with van der Waals surface area (Å²) in [6.45, 7) is 8.44. The number of ether oxygens (including phenoxy) is 1. The second kappa shape index (κ2) is 10.0. The molecule has 0 N–H and O–H groups in total. The van der Waals surface area contributed by atoms with Gasteiger partial charge in [0.1, 0.15) is 5.75 Å². The highest BCUT2D eigenvalue weighted by Crippen LogP contribution is 2.19. The number of carbonyl (C=O) groups is 2. The van der Waals surface area contributed by atoms with Crippen molar-refractivity contribution in [2.24, 2.45) is 0 Å². The lowest BCUT2D eigenvalue weighted by Gasteiger charge is -2.35. The number of rotatable bonds is 7. The van der Waals surface area contributed by atoms with Gasteiger partial charge in [0.15, 0.2) is 0 Å². The lowest BCUT2D eigenvalue weighted by atomic mass is 10.2. The summed E-state index contributed by atoms with van der Waals surface area (Å²) in [5.41, 5.74) is 0.540. The number of pyridine rings is 1. The van der Waals surface area contributed by atoms with Crippen LogP contribution >= 0.6 is 0 Å². The maximum absolute atomic E-state index is 12.8. The fraction of sp³-hybridized carbons (Fsp3) is 0.409. The van der Waals surface area contributed by atoms with Crippen LogP contribution in [0.25, 0.3) is 0 Å². The zero-order chi connectivity index (χ0) is 20.6. The lowest BCUT2D eigenvalue weighted by molar-refractivity contribution is -0.132. The van der Waals surface area contributed by atoms with Gasteiger partial charge < -0.3 is 14.5 Å². The van der Waals surface area contributed by atoms with E-state index in [9.17, 15) is 9.59 Å². The summed E-state index contributed by atoms with van der Waals surface area (Å²) in [6, 6.07) is 12.9. The summed E-state index contributed by atoms with van der Waals surface area (Å²) in [5, 5.41) is 0. The van der Waals surface area contributed by atoms with Gasteiger partial charge >= 0.3 is 0 Å². The van der Waals surface area contributed by atoms with Gasteiger partial charge in [0.2, 0.25) is 11.8 Å². The van der Waals surface area contributed by atoms with Crippen molar-refractivity contribution in [3.63, 3.8) is 0 Å². The summed E-state index contributed by atoms with van der Waals surface area (Å²) >= 11 is 0. The first kappa shape index (κ1) is 20.8. The van der Waals surface area contributed by atoms with E-state index in [0.29, 0.717) is 49.9 Å². The Bertz CT molecular complexity index is 799. The topological polar surface area (TPSA) is 66.0 Å². The Morgan fingerprint density at radius 1 is 1.00 bits per heavy atom. The summed E-state index contributed by atoms with van der Waals surface area (Å²) in [4.78, 5) is 35.0. The van der Waals surface area contributed by atoms with Crippen molar-refractivity contribution in [1.29, 1.82) is 0 Å². The average molecular weight is 396 g/mol. The van der Waals surface area contributed by atoms with Gasteiger partial charge in [-0.2, -0.15) is 0 Å². The molecule has 154 valence electrons. The molecule has 1 aliphatic heterocycles. The van der Waals surface area contributed by atoms with Crippen LogP contribution < -0.4 is 4.74 Å². The zero-order valence-electron chi connectivity index (χ0n) is 17.1. The van der Waals surface area contributed by atoms with Crippen molar-refractivity contribution < 1.29 is 14.3 Å². The molecule has 3 rings (SSSR count). The van der Waals surface area contributed by atoms with Crippen LogP contribution in [-0.2, 0) is 4.79 Å². The Hall–Kier alpha value is -2.93. The molecule has 7 heteroatoms. The van der Waals surface area contributed by atoms with E-state index in [4.69, 9.17) is 4.74 Å². The highest BCUT2D eigenvalue weighted by atomic mass is 16.5. The van der Waals surface area contributed by atoms with Crippen LogP contribution in [0, 0.1) is 0 Å². The van der Waals surface area contributed by atoms with Gasteiger partial charge in [-0.1, -0.05) is 18.2 Å². The van der Waals surface area contributed by atoms with E-state index in [1.165, 1.54) is 0 Å². The van der Waals surface area contributed by atoms with Gasteiger partial charge in [-0.05, 0) is 32.0 Å². The molecular formula is C22H28N4O3. The molecule has 0 bridgehead atoms. The van der Waals surface area contributed by atoms with Crippen LogP contribution in [0.4, 0.5) is 0 Å². The number of benzene rings is 1. The highest BCUT2D eigenvalue weighted by Gasteiger charge is 2.24. The van der Waals surface area contributed by atoms with Gasteiger partial charge in [0.05, 0.1) is 12.1 Å². The summed E-state index contributed by atoms with van der Waals surface area (Å²) in [5.74, 6) is 1.26. The van der Waals surface area contributed by atoms with E-state index < -0.39 is 0 Å². The number of aromatic nitrogens is 1. The monoisotopic (exact) mass is 396 g/mol. The molecule has 0 aliphatic carbocycles. The quantitative estimate of drug-likeness (QED) is 0.719. The molecule has 7 nitrogen and oxygen atoms in total. The summed E-state index contributed by atoms with van der Waals surface area (Å²) in [7, 11) is 0. The van der Waals surface area contributed by atoms with Crippen molar-refractivity contribution >= 4 is 11.8 Å². The first-order valence-corrected chi connectivity index (χ1v) is 10.1. The molecule has 1 aromatic heterocycles. The number of hydrogen-bond donors (Lipinski definition) is 0. The third-order valence-corrected chi connectivity index (χ3v) is 5.08. The number of hydrogen-bond acceptors (Lipinski definition) is 5. The molecule has 1 aromatic carbocycles. The predicted octanol–water partition coefficient (Wildman–Crippen LogP) is 2.50. The fourth-order valence-corrected chi connectivity index (χ4v) is 3.34. The average Bonchev–Trinajstić information content (AvgIpc) is 2.76. The fourth-order valence-electron chi connectivity index (χ4n) is 3.34. The van der Waals surface area contributed by atoms with Gasteiger partial charge in [0, 0.05) is 51.5 Å². The van der Waals surface area contributed by atoms with Crippen molar-refractivity contribution in [3.8, 4) is 11.6 Å². The van der Waals surface area contributed by atoms with Crippen LogP contribution in [0.15, 0.2) is 48.7 Å². The summed E-state index contributed by atoms with van der Waals surface area (Å²) in [6.07, 6.45) is 1.55. The minimum absolute atomic E-state index is 0.0431. The largest absolute Gasteiger partial charge is 0.439 e. The number of amides is 2. The van der Waals surface area contributed by atoms with Crippen molar-refractivity contribution in [3.05, 3.63) is 54.2 Å². The molecule has 0 spiro atoms. The van der Waals surface area contributed by atoms with E-state index in [-0.39, 0.29) is 11.8 Å². The van der Waals surface area contributed by atoms with E-state index in [1.807, 2.05) is 54.0 Å². The van der Waals surface area contributed by atoms with Crippen molar-refractivity contribution in [2.45, 2.75) is 13.8 Å². The van der Waals surface area contributed by atoms with Gasteiger partial charge in [0.25, 0.3) is 5.91 Å². The van der Waals surface area contributed by atoms with Crippen molar-refractivity contribution in [2.75, 3.05) is 45.8 Å². The molecular weight excluding hydrogens is 368 g/mol. The van der Waals surface area contributed by atoms with Crippen LogP contribution in [0.5, 0.6) is 11.6 Å². The van der Waals surface area contributed by atoms with E-state index >= 15 is 0 Å². The normalized spacial score (nSPS) is 14.5. The second-order valence-corrected chi connectivity index (χ2v) is 6.93. The lowest BCUT2D eigenvalue weighted by Crippen LogP contribution is -2.51. The minimum Gasteiger partial charge on any atom is -0.439 e. The number of likely N-dealkylation sites (N-methyl/N-ethyl adjacent to an activating group) is 1. The van der Waals surface area contributed by atoms with Crippen LogP contribution in [-0.4, -0.2) is 77.3 Å². The standard InChI is InChI=1S/C22H28N4O3/c1-3-25(4-2)21(27)17-24-12-14-26(15-13-24)22(28)18-10-11-20(23-16-18)29-19-8-6-5-7-9-19/h5-11,16H,3-4,12-15,17H2,1-2H3. The molecule has 0 unspecified atom stereocenters. The zero-order valence-corrected chi connectivity index (χ0v) is 17.1. The minimum atomic E-state index is -0.0431. The molecule has 1 saturated heterocycles. The molecule has 1 fully saturated rings. The Kier molecular flexibility index (Phi) is 7.19. The molecule has 1 aliphatic rings. The third-order valence-electron chi connectivity index (χ3n) is 5.08. The van der Waals surface area contributed by atoms with E-state index in [1.54, 1.807) is 18.3 Å².